The quantitative estimate of drug-likeness (QED) is 0.851. The first-order chi connectivity index (χ1) is 10.1. The van der Waals surface area contributed by atoms with Crippen LogP contribution in [0.2, 0.25) is 0 Å². The van der Waals surface area contributed by atoms with Gasteiger partial charge in [0, 0.05) is 18.4 Å². The lowest BCUT2D eigenvalue weighted by Gasteiger charge is -2.07. The molecule has 0 aliphatic carbocycles. The number of rotatable bonds is 5. The third kappa shape index (κ3) is 4.24. The fourth-order valence-corrected chi connectivity index (χ4v) is 1.94. The molecule has 0 aliphatic rings. The largest absolute Gasteiger partial charge is 0.324 e. The molecule has 4 heteroatoms. The van der Waals surface area contributed by atoms with E-state index in [1.165, 1.54) is 6.07 Å². The van der Waals surface area contributed by atoms with Gasteiger partial charge in [-0.15, -0.1) is 0 Å². The Morgan fingerprint density at radius 2 is 1.76 bits per heavy atom. The molecule has 0 bridgehead atoms. The first-order valence-corrected chi connectivity index (χ1v) is 6.70. The molecule has 2 aromatic carbocycles. The maximum atomic E-state index is 13.5. The number of benzene rings is 2. The Morgan fingerprint density at radius 3 is 2.48 bits per heavy atom. The zero-order chi connectivity index (χ0) is 15.2. The van der Waals surface area contributed by atoms with E-state index in [9.17, 15) is 14.0 Å². The third-order valence-electron chi connectivity index (χ3n) is 3.07. The molecule has 0 aromatic heterocycles. The van der Waals surface area contributed by atoms with Crippen LogP contribution in [0.5, 0.6) is 0 Å². The fraction of sp³-hybridized carbons (Fsp3) is 0.176. The molecule has 0 saturated heterocycles. The summed E-state index contributed by atoms with van der Waals surface area (Å²) < 4.78 is 13.5. The van der Waals surface area contributed by atoms with Crippen molar-refractivity contribution in [2.24, 2.45) is 0 Å². The van der Waals surface area contributed by atoms with Crippen LogP contribution in [0, 0.1) is 12.7 Å². The van der Waals surface area contributed by atoms with E-state index in [0.29, 0.717) is 5.56 Å². The highest BCUT2D eigenvalue weighted by Crippen LogP contribution is 2.16. The van der Waals surface area contributed by atoms with Crippen molar-refractivity contribution in [2.75, 3.05) is 5.32 Å². The minimum atomic E-state index is -0.483. The van der Waals surface area contributed by atoms with E-state index in [-0.39, 0.29) is 30.2 Å². The lowest BCUT2D eigenvalue weighted by atomic mass is 10.1. The topological polar surface area (TPSA) is 46.2 Å². The van der Waals surface area contributed by atoms with Gasteiger partial charge in [-0.1, -0.05) is 36.4 Å². The average Bonchev–Trinajstić information content (AvgIpc) is 2.49. The van der Waals surface area contributed by atoms with E-state index < -0.39 is 5.82 Å². The molecular weight excluding hydrogens is 269 g/mol. The molecule has 0 radical (unpaired) electrons. The first-order valence-electron chi connectivity index (χ1n) is 6.70. The first kappa shape index (κ1) is 14.9. The molecule has 0 atom stereocenters. The maximum absolute atomic E-state index is 13.5. The van der Waals surface area contributed by atoms with E-state index >= 15 is 0 Å². The van der Waals surface area contributed by atoms with Crippen molar-refractivity contribution < 1.29 is 14.0 Å². The minimum absolute atomic E-state index is 0.0289. The lowest BCUT2D eigenvalue weighted by Crippen LogP contribution is -2.14. The Labute approximate surface area is 122 Å². The van der Waals surface area contributed by atoms with Crippen molar-refractivity contribution in [1.82, 2.24) is 0 Å². The smallest absolute Gasteiger partial charge is 0.224 e. The molecule has 21 heavy (non-hydrogen) atoms. The van der Waals surface area contributed by atoms with Crippen LogP contribution in [0.4, 0.5) is 10.1 Å². The van der Waals surface area contributed by atoms with Crippen LogP contribution in [0.25, 0.3) is 0 Å². The van der Waals surface area contributed by atoms with E-state index in [2.05, 4.69) is 5.32 Å². The minimum Gasteiger partial charge on any atom is -0.324 e. The highest BCUT2D eigenvalue weighted by molar-refractivity contribution is 6.00. The number of nitrogens with one attached hydrogen (secondary N) is 1. The molecule has 1 N–H and O–H groups in total. The SMILES string of the molecule is Cc1ccc(F)c(NC(=O)CCC(=O)c2ccccc2)c1. The van der Waals surface area contributed by atoms with Gasteiger partial charge in [0.2, 0.25) is 5.91 Å². The predicted molar refractivity (Wildman–Crippen MR) is 79.8 cm³/mol. The number of carbonyl (C=O) groups excluding carboxylic acids is 2. The van der Waals surface area contributed by atoms with Crippen molar-refractivity contribution in [1.29, 1.82) is 0 Å². The molecular formula is C17H16FNO2. The fourth-order valence-electron chi connectivity index (χ4n) is 1.94. The van der Waals surface area contributed by atoms with Gasteiger partial charge >= 0.3 is 0 Å². The Kier molecular flexibility index (Phi) is 4.82. The summed E-state index contributed by atoms with van der Waals surface area (Å²) >= 11 is 0. The summed E-state index contributed by atoms with van der Waals surface area (Å²) in [4.78, 5) is 23.7. The van der Waals surface area contributed by atoms with Gasteiger partial charge in [-0.3, -0.25) is 9.59 Å². The summed E-state index contributed by atoms with van der Waals surface area (Å²) in [5, 5.41) is 2.49. The number of carbonyl (C=O) groups is 2. The highest BCUT2D eigenvalue weighted by Gasteiger charge is 2.11. The normalized spacial score (nSPS) is 10.2. The van der Waals surface area contributed by atoms with Gasteiger partial charge in [-0.05, 0) is 24.6 Å². The van der Waals surface area contributed by atoms with Crippen molar-refractivity contribution in [3.63, 3.8) is 0 Å². The number of hydrogen-bond acceptors (Lipinski definition) is 2. The van der Waals surface area contributed by atoms with E-state index in [4.69, 9.17) is 0 Å². The maximum Gasteiger partial charge on any atom is 0.224 e. The zero-order valence-corrected chi connectivity index (χ0v) is 11.7. The number of amides is 1. The molecule has 0 spiro atoms. The van der Waals surface area contributed by atoms with Crippen molar-refractivity contribution in [2.45, 2.75) is 19.8 Å². The Balaban J connectivity index is 1.91. The summed E-state index contributed by atoms with van der Waals surface area (Å²) in [5.74, 6) is -0.956. The summed E-state index contributed by atoms with van der Waals surface area (Å²) in [7, 11) is 0. The number of anilines is 1. The predicted octanol–water partition coefficient (Wildman–Crippen LogP) is 3.74. The molecule has 0 heterocycles. The van der Waals surface area contributed by atoms with Crippen molar-refractivity contribution in [3.8, 4) is 0 Å². The van der Waals surface area contributed by atoms with Gasteiger partial charge in [-0.2, -0.15) is 0 Å². The third-order valence-corrected chi connectivity index (χ3v) is 3.07. The number of halogens is 1. The van der Waals surface area contributed by atoms with Gasteiger partial charge in [0.1, 0.15) is 5.82 Å². The zero-order valence-electron chi connectivity index (χ0n) is 11.7. The number of ketones is 1. The van der Waals surface area contributed by atoms with Crippen LogP contribution in [-0.2, 0) is 4.79 Å². The standard InChI is InChI=1S/C17H16FNO2/c1-12-7-8-14(18)15(11-12)19-17(21)10-9-16(20)13-5-3-2-4-6-13/h2-8,11H,9-10H2,1H3,(H,19,21). The van der Waals surface area contributed by atoms with Crippen molar-refractivity contribution in [3.05, 3.63) is 65.5 Å². The van der Waals surface area contributed by atoms with Crippen LogP contribution in [0.3, 0.4) is 0 Å². The van der Waals surface area contributed by atoms with Crippen LogP contribution in [-0.4, -0.2) is 11.7 Å². The van der Waals surface area contributed by atoms with Gasteiger partial charge in [-0.25, -0.2) is 4.39 Å². The monoisotopic (exact) mass is 285 g/mol. The molecule has 2 aromatic rings. The summed E-state index contributed by atoms with van der Waals surface area (Å²) in [6.45, 7) is 1.81. The summed E-state index contributed by atoms with van der Waals surface area (Å²) in [6, 6.07) is 13.3. The van der Waals surface area contributed by atoms with Crippen LogP contribution in [0.1, 0.15) is 28.8 Å². The number of Topliss-reactive ketones (excluding diaryl/α,β-unsaturated/α-hetero) is 1. The Hall–Kier alpha value is -2.49. The second kappa shape index (κ2) is 6.79. The van der Waals surface area contributed by atoms with Gasteiger partial charge in [0.25, 0.3) is 0 Å². The van der Waals surface area contributed by atoms with E-state index in [1.807, 2.05) is 13.0 Å². The molecule has 3 nitrogen and oxygen atoms in total. The molecule has 0 fully saturated rings. The van der Waals surface area contributed by atoms with Crippen LogP contribution in [0.15, 0.2) is 48.5 Å². The Bertz CT molecular complexity index is 653. The molecule has 0 aliphatic heterocycles. The van der Waals surface area contributed by atoms with Crippen molar-refractivity contribution >= 4 is 17.4 Å². The average molecular weight is 285 g/mol. The van der Waals surface area contributed by atoms with E-state index in [0.717, 1.165) is 5.56 Å². The molecule has 108 valence electrons. The molecule has 1 amide bonds. The Morgan fingerprint density at radius 1 is 1.05 bits per heavy atom. The lowest BCUT2D eigenvalue weighted by molar-refractivity contribution is -0.116. The van der Waals surface area contributed by atoms with Crippen LogP contribution >= 0.6 is 0 Å². The molecule has 2 rings (SSSR count). The van der Waals surface area contributed by atoms with Gasteiger partial charge in [0.05, 0.1) is 5.69 Å². The molecule has 0 unspecified atom stereocenters. The second-order valence-electron chi connectivity index (χ2n) is 4.82. The number of aryl methyl sites for hydroxylation is 1. The van der Waals surface area contributed by atoms with Gasteiger partial charge in [0.15, 0.2) is 5.78 Å². The summed E-state index contributed by atoms with van der Waals surface area (Å²) in [6.07, 6.45) is 0.129. The van der Waals surface area contributed by atoms with Gasteiger partial charge < -0.3 is 5.32 Å². The van der Waals surface area contributed by atoms with E-state index in [1.54, 1.807) is 36.4 Å². The van der Waals surface area contributed by atoms with Crippen LogP contribution < -0.4 is 5.32 Å². The number of hydrogen-bond donors (Lipinski definition) is 1. The second-order valence-corrected chi connectivity index (χ2v) is 4.82. The summed E-state index contributed by atoms with van der Waals surface area (Å²) in [5.41, 5.74) is 1.58. The molecule has 0 saturated carbocycles. The highest BCUT2D eigenvalue weighted by atomic mass is 19.1.